The fraction of sp³-hybridized carbons (Fsp3) is 0.364. The molecule has 0 unspecified atom stereocenters. The topological polar surface area (TPSA) is 29.0 Å². The van der Waals surface area contributed by atoms with Crippen LogP contribution in [-0.2, 0) is 13.1 Å². The van der Waals surface area contributed by atoms with Crippen molar-refractivity contribution in [3.05, 3.63) is 70.4 Å². The van der Waals surface area contributed by atoms with Gasteiger partial charge in [-0.1, -0.05) is 54.9 Å². The van der Waals surface area contributed by atoms with E-state index in [0.29, 0.717) is 0 Å². The van der Waals surface area contributed by atoms with Crippen molar-refractivity contribution in [3.8, 4) is 0 Å². The van der Waals surface area contributed by atoms with Crippen molar-refractivity contribution in [3.63, 3.8) is 0 Å². The number of nitrogens with zero attached hydrogens (tertiary/aromatic N) is 1. The molecule has 4 heteroatoms. The molecule has 0 saturated heterocycles. The SMILES string of the molecule is CCNCCCNCc1c(C)n(Cc2ccccc2Cl)c2ccccc12. The van der Waals surface area contributed by atoms with Gasteiger partial charge in [-0.3, -0.25) is 0 Å². The van der Waals surface area contributed by atoms with Gasteiger partial charge in [-0.05, 0) is 56.2 Å². The largest absolute Gasteiger partial charge is 0.340 e. The lowest BCUT2D eigenvalue weighted by Gasteiger charge is -2.11. The van der Waals surface area contributed by atoms with E-state index >= 15 is 0 Å². The molecule has 0 radical (unpaired) electrons. The van der Waals surface area contributed by atoms with Gasteiger partial charge in [0, 0.05) is 34.7 Å². The third-order valence-electron chi connectivity index (χ3n) is 4.91. The Hall–Kier alpha value is -1.81. The first-order chi connectivity index (χ1) is 12.7. The number of halogens is 1. The fourth-order valence-corrected chi connectivity index (χ4v) is 3.65. The average molecular weight is 370 g/mol. The van der Waals surface area contributed by atoms with Crippen LogP contribution in [-0.4, -0.2) is 24.2 Å². The minimum Gasteiger partial charge on any atom is -0.340 e. The van der Waals surface area contributed by atoms with Gasteiger partial charge in [0.2, 0.25) is 0 Å². The summed E-state index contributed by atoms with van der Waals surface area (Å²) in [4.78, 5) is 0. The van der Waals surface area contributed by atoms with E-state index in [9.17, 15) is 0 Å². The van der Waals surface area contributed by atoms with Crippen LogP contribution < -0.4 is 10.6 Å². The molecule has 0 saturated carbocycles. The third-order valence-corrected chi connectivity index (χ3v) is 5.28. The molecule has 0 aliphatic heterocycles. The van der Waals surface area contributed by atoms with Crippen LogP contribution in [0.3, 0.4) is 0 Å². The Kier molecular flexibility index (Phi) is 6.73. The smallest absolute Gasteiger partial charge is 0.0493 e. The number of aromatic nitrogens is 1. The van der Waals surface area contributed by atoms with Crippen LogP contribution >= 0.6 is 11.6 Å². The molecule has 2 aromatic carbocycles. The lowest BCUT2D eigenvalue weighted by atomic mass is 10.1. The number of benzene rings is 2. The molecular formula is C22H28ClN3. The van der Waals surface area contributed by atoms with Gasteiger partial charge in [0.25, 0.3) is 0 Å². The van der Waals surface area contributed by atoms with Crippen LogP contribution in [0.5, 0.6) is 0 Å². The number of hydrogen-bond acceptors (Lipinski definition) is 2. The number of hydrogen-bond donors (Lipinski definition) is 2. The molecule has 0 atom stereocenters. The van der Waals surface area contributed by atoms with E-state index in [-0.39, 0.29) is 0 Å². The van der Waals surface area contributed by atoms with Crippen LogP contribution in [0, 0.1) is 6.92 Å². The molecule has 0 fully saturated rings. The third kappa shape index (κ3) is 4.29. The zero-order valence-corrected chi connectivity index (χ0v) is 16.4. The Labute approximate surface area is 161 Å². The summed E-state index contributed by atoms with van der Waals surface area (Å²) in [6.07, 6.45) is 1.14. The highest BCUT2D eigenvalue weighted by Gasteiger charge is 2.14. The minimum absolute atomic E-state index is 0.798. The molecule has 3 rings (SSSR count). The molecule has 138 valence electrons. The standard InChI is InChI=1S/C22H28ClN3/c1-3-24-13-8-14-25-15-20-17(2)26(22-12-7-5-10-19(20)22)16-18-9-4-6-11-21(18)23/h4-7,9-12,24-25H,3,8,13-16H2,1-2H3. The van der Waals surface area contributed by atoms with Gasteiger partial charge in [-0.15, -0.1) is 0 Å². The molecule has 0 spiro atoms. The maximum absolute atomic E-state index is 6.40. The van der Waals surface area contributed by atoms with Gasteiger partial charge in [0.05, 0.1) is 0 Å². The molecule has 3 aromatic rings. The van der Waals surface area contributed by atoms with E-state index in [1.165, 1.54) is 22.2 Å². The van der Waals surface area contributed by atoms with Crippen molar-refractivity contribution in [2.24, 2.45) is 0 Å². The first-order valence-corrected chi connectivity index (χ1v) is 9.81. The van der Waals surface area contributed by atoms with E-state index in [0.717, 1.165) is 49.7 Å². The second kappa shape index (κ2) is 9.22. The predicted octanol–water partition coefficient (Wildman–Crippen LogP) is 4.74. The van der Waals surface area contributed by atoms with E-state index in [1.54, 1.807) is 0 Å². The maximum atomic E-state index is 6.40. The Balaban J connectivity index is 1.81. The molecule has 0 amide bonds. The second-order valence-corrected chi connectivity index (χ2v) is 7.05. The Morgan fingerprint density at radius 1 is 0.962 bits per heavy atom. The lowest BCUT2D eigenvalue weighted by Crippen LogP contribution is -2.21. The van der Waals surface area contributed by atoms with Gasteiger partial charge in [-0.2, -0.15) is 0 Å². The molecular weight excluding hydrogens is 342 g/mol. The van der Waals surface area contributed by atoms with Gasteiger partial charge >= 0.3 is 0 Å². The summed E-state index contributed by atoms with van der Waals surface area (Å²) in [5, 5.41) is 9.13. The summed E-state index contributed by atoms with van der Waals surface area (Å²) >= 11 is 6.40. The van der Waals surface area contributed by atoms with Crippen LogP contribution in [0.4, 0.5) is 0 Å². The van der Waals surface area contributed by atoms with Gasteiger partial charge < -0.3 is 15.2 Å². The summed E-state index contributed by atoms with van der Waals surface area (Å²) in [6, 6.07) is 16.8. The summed E-state index contributed by atoms with van der Waals surface area (Å²) in [7, 11) is 0. The zero-order chi connectivity index (χ0) is 18.4. The monoisotopic (exact) mass is 369 g/mol. The number of fused-ring (bicyclic) bond motifs is 1. The van der Waals surface area contributed by atoms with Crippen molar-refractivity contribution < 1.29 is 0 Å². The fourth-order valence-electron chi connectivity index (χ4n) is 3.46. The normalized spacial score (nSPS) is 11.3. The highest BCUT2D eigenvalue weighted by molar-refractivity contribution is 6.31. The molecule has 0 aliphatic carbocycles. The van der Waals surface area contributed by atoms with Crippen molar-refractivity contribution in [2.45, 2.75) is 33.4 Å². The molecule has 0 bridgehead atoms. The number of rotatable bonds is 9. The van der Waals surface area contributed by atoms with Gasteiger partial charge in [0.1, 0.15) is 0 Å². The second-order valence-electron chi connectivity index (χ2n) is 6.64. The average Bonchev–Trinajstić information content (AvgIpc) is 2.92. The minimum atomic E-state index is 0.798. The van der Waals surface area contributed by atoms with E-state index in [1.807, 2.05) is 12.1 Å². The van der Waals surface area contributed by atoms with Crippen LogP contribution in [0.2, 0.25) is 5.02 Å². The maximum Gasteiger partial charge on any atom is 0.0493 e. The van der Waals surface area contributed by atoms with E-state index in [2.05, 4.69) is 65.4 Å². The first kappa shape index (κ1) is 19.0. The quantitative estimate of drug-likeness (QED) is 0.533. The van der Waals surface area contributed by atoms with Crippen molar-refractivity contribution >= 4 is 22.5 Å². The summed E-state index contributed by atoms with van der Waals surface area (Å²) in [6.45, 7) is 9.18. The van der Waals surface area contributed by atoms with Crippen LogP contribution in [0.1, 0.15) is 30.2 Å². The van der Waals surface area contributed by atoms with Gasteiger partial charge in [-0.25, -0.2) is 0 Å². The van der Waals surface area contributed by atoms with E-state index < -0.39 is 0 Å². The summed E-state index contributed by atoms with van der Waals surface area (Å²) in [5.41, 5.74) is 5.12. The number of para-hydroxylation sites is 1. The van der Waals surface area contributed by atoms with E-state index in [4.69, 9.17) is 11.6 Å². The Morgan fingerprint density at radius 3 is 2.50 bits per heavy atom. The molecule has 1 aromatic heterocycles. The molecule has 2 N–H and O–H groups in total. The van der Waals surface area contributed by atoms with Gasteiger partial charge in [0.15, 0.2) is 0 Å². The van der Waals surface area contributed by atoms with Crippen LogP contribution in [0.25, 0.3) is 10.9 Å². The molecule has 1 heterocycles. The lowest BCUT2D eigenvalue weighted by molar-refractivity contribution is 0.605. The first-order valence-electron chi connectivity index (χ1n) is 9.44. The summed E-state index contributed by atoms with van der Waals surface area (Å²) in [5.74, 6) is 0. The Bertz CT molecular complexity index is 854. The molecule has 26 heavy (non-hydrogen) atoms. The highest BCUT2D eigenvalue weighted by Crippen LogP contribution is 2.28. The molecule has 0 aliphatic rings. The van der Waals surface area contributed by atoms with Crippen molar-refractivity contribution in [2.75, 3.05) is 19.6 Å². The highest BCUT2D eigenvalue weighted by atomic mass is 35.5. The summed E-state index contributed by atoms with van der Waals surface area (Å²) < 4.78 is 2.38. The van der Waals surface area contributed by atoms with Crippen molar-refractivity contribution in [1.82, 2.24) is 15.2 Å². The number of nitrogens with one attached hydrogen (secondary N) is 2. The molecule has 3 nitrogen and oxygen atoms in total. The predicted molar refractivity (Wildman–Crippen MR) is 112 cm³/mol. The Morgan fingerprint density at radius 2 is 1.69 bits per heavy atom. The zero-order valence-electron chi connectivity index (χ0n) is 15.7. The van der Waals surface area contributed by atoms with Crippen LogP contribution in [0.15, 0.2) is 48.5 Å². The van der Waals surface area contributed by atoms with Crippen molar-refractivity contribution in [1.29, 1.82) is 0 Å².